The standard InChI is InChI=1S/C14H17N3O3S/c1-9(2)7-17(8-12(18)19)14(20)16-13-15-10-5-3-4-6-11(10)21-13/h3-6,9H,7-8H2,1-2H3,(H,18,19)(H,15,16,20). The maximum Gasteiger partial charge on any atom is 0.324 e. The first kappa shape index (κ1) is 15.2. The SMILES string of the molecule is CC(C)CN(CC(=O)O)C(=O)Nc1nc2ccccc2s1. The van der Waals surface area contributed by atoms with Crippen LogP contribution in [0.3, 0.4) is 0 Å². The van der Waals surface area contributed by atoms with Gasteiger partial charge in [0.2, 0.25) is 0 Å². The van der Waals surface area contributed by atoms with Crippen molar-refractivity contribution in [3.05, 3.63) is 24.3 Å². The average Bonchev–Trinajstić information content (AvgIpc) is 2.78. The van der Waals surface area contributed by atoms with Gasteiger partial charge in [-0.15, -0.1) is 0 Å². The van der Waals surface area contributed by atoms with Gasteiger partial charge < -0.3 is 10.0 Å². The maximum absolute atomic E-state index is 12.2. The molecule has 0 radical (unpaired) electrons. The summed E-state index contributed by atoms with van der Waals surface area (Å²) in [4.78, 5) is 28.6. The number of fused-ring (bicyclic) bond motifs is 1. The van der Waals surface area contributed by atoms with Crippen molar-refractivity contribution >= 4 is 38.7 Å². The van der Waals surface area contributed by atoms with E-state index in [0.29, 0.717) is 11.7 Å². The summed E-state index contributed by atoms with van der Waals surface area (Å²) in [5.74, 6) is -0.847. The van der Waals surface area contributed by atoms with Crippen LogP contribution in [0, 0.1) is 5.92 Å². The van der Waals surface area contributed by atoms with E-state index in [0.717, 1.165) is 10.2 Å². The molecule has 6 nitrogen and oxygen atoms in total. The van der Waals surface area contributed by atoms with Gasteiger partial charge >= 0.3 is 12.0 Å². The molecule has 7 heteroatoms. The van der Waals surface area contributed by atoms with Gasteiger partial charge in [0, 0.05) is 6.54 Å². The van der Waals surface area contributed by atoms with Crippen molar-refractivity contribution in [3.63, 3.8) is 0 Å². The zero-order chi connectivity index (χ0) is 15.4. The predicted octanol–water partition coefficient (Wildman–Crippen LogP) is 2.87. The van der Waals surface area contributed by atoms with E-state index < -0.39 is 12.0 Å². The van der Waals surface area contributed by atoms with Crippen LogP contribution < -0.4 is 5.32 Å². The monoisotopic (exact) mass is 307 g/mol. The molecule has 1 aromatic carbocycles. The molecule has 2 rings (SSSR count). The molecule has 0 fully saturated rings. The molecular formula is C14H17N3O3S. The van der Waals surface area contributed by atoms with Gasteiger partial charge in [-0.25, -0.2) is 9.78 Å². The second kappa shape index (κ2) is 6.53. The Balaban J connectivity index is 2.11. The first-order chi connectivity index (χ1) is 9.95. The van der Waals surface area contributed by atoms with Crippen molar-refractivity contribution in [1.82, 2.24) is 9.88 Å². The summed E-state index contributed by atoms with van der Waals surface area (Å²) in [6, 6.07) is 7.13. The molecule has 0 bridgehead atoms. The quantitative estimate of drug-likeness (QED) is 0.889. The van der Waals surface area contributed by atoms with Gasteiger partial charge in [-0.1, -0.05) is 37.3 Å². The molecule has 0 saturated carbocycles. The van der Waals surface area contributed by atoms with Crippen LogP contribution in [0.4, 0.5) is 9.93 Å². The number of amides is 2. The third-order valence-corrected chi connectivity index (χ3v) is 3.66. The summed E-state index contributed by atoms with van der Waals surface area (Å²) in [5.41, 5.74) is 0.812. The van der Waals surface area contributed by atoms with E-state index in [4.69, 9.17) is 5.11 Å². The van der Waals surface area contributed by atoms with Crippen molar-refractivity contribution in [2.45, 2.75) is 13.8 Å². The van der Waals surface area contributed by atoms with Crippen LogP contribution in [0.5, 0.6) is 0 Å². The van der Waals surface area contributed by atoms with E-state index in [1.165, 1.54) is 16.2 Å². The number of benzene rings is 1. The van der Waals surface area contributed by atoms with E-state index in [1.807, 2.05) is 38.1 Å². The van der Waals surface area contributed by atoms with Gasteiger partial charge in [-0.3, -0.25) is 10.1 Å². The smallest absolute Gasteiger partial charge is 0.324 e. The highest BCUT2D eigenvalue weighted by Gasteiger charge is 2.19. The largest absolute Gasteiger partial charge is 0.480 e. The van der Waals surface area contributed by atoms with Crippen LogP contribution in [0.15, 0.2) is 24.3 Å². The number of carboxylic acids is 1. The number of anilines is 1. The summed E-state index contributed by atoms with van der Waals surface area (Å²) in [5, 5.41) is 12.0. The summed E-state index contributed by atoms with van der Waals surface area (Å²) >= 11 is 1.36. The second-order valence-corrected chi connectivity index (χ2v) is 6.12. The van der Waals surface area contributed by atoms with Crippen LogP contribution in [0.2, 0.25) is 0 Å². The van der Waals surface area contributed by atoms with E-state index in [2.05, 4.69) is 10.3 Å². The van der Waals surface area contributed by atoms with Crippen LogP contribution in [-0.2, 0) is 4.79 Å². The van der Waals surface area contributed by atoms with Crippen molar-refractivity contribution < 1.29 is 14.7 Å². The van der Waals surface area contributed by atoms with E-state index in [9.17, 15) is 9.59 Å². The van der Waals surface area contributed by atoms with Crippen molar-refractivity contribution in [2.24, 2.45) is 5.92 Å². The van der Waals surface area contributed by atoms with Crippen molar-refractivity contribution in [2.75, 3.05) is 18.4 Å². The Bertz CT molecular complexity index is 621. The number of carbonyl (C=O) groups excluding carboxylic acids is 1. The Morgan fingerprint density at radius 2 is 2.10 bits per heavy atom. The number of hydrogen-bond acceptors (Lipinski definition) is 4. The molecule has 112 valence electrons. The Labute approximate surface area is 126 Å². The predicted molar refractivity (Wildman–Crippen MR) is 82.7 cm³/mol. The number of nitrogens with zero attached hydrogens (tertiary/aromatic N) is 2. The molecule has 1 heterocycles. The third kappa shape index (κ3) is 4.16. The van der Waals surface area contributed by atoms with Gasteiger partial charge in [-0.05, 0) is 18.1 Å². The lowest BCUT2D eigenvalue weighted by atomic mass is 10.2. The van der Waals surface area contributed by atoms with Crippen molar-refractivity contribution in [1.29, 1.82) is 0 Å². The first-order valence-corrected chi connectivity index (χ1v) is 7.40. The molecule has 0 atom stereocenters. The fourth-order valence-corrected chi connectivity index (χ4v) is 2.78. The van der Waals surface area contributed by atoms with Crippen molar-refractivity contribution in [3.8, 4) is 0 Å². The highest BCUT2D eigenvalue weighted by Crippen LogP contribution is 2.25. The normalized spacial score (nSPS) is 10.8. The molecule has 0 spiro atoms. The zero-order valence-electron chi connectivity index (χ0n) is 11.9. The first-order valence-electron chi connectivity index (χ1n) is 6.59. The number of hydrogen-bond donors (Lipinski definition) is 2. The number of rotatable bonds is 5. The Morgan fingerprint density at radius 1 is 1.38 bits per heavy atom. The number of urea groups is 1. The average molecular weight is 307 g/mol. The molecule has 0 aliphatic rings. The van der Waals surface area contributed by atoms with Crippen LogP contribution in [-0.4, -0.2) is 40.1 Å². The molecule has 0 unspecified atom stereocenters. The van der Waals surface area contributed by atoms with Gasteiger partial charge in [-0.2, -0.15) is 0 Å². The number of aromatic nitrogens is 1. The molecule has 2 aromatic rings. The zero-order valence-corrected chi connectivity index (χ0v) is 12.7. The summed E-state index contributed by atoms with van der Waals surface area (Å²) in [7, 11) is 0. The van der Waals surface area contributed by atoms with Crippen LogP contribution >= 0.6 is 11.3 Å². The van der Waals surface area contributed by atoms with Crippen LogP contribution in [0.25, 0.3) is 10.2 Å². The molecule has 1 aromatic heterocycles. The summed E-state index contributed by atoms with van der Waals surface area (Å²) in [6.45, 7) is 3.91. The van der Waals surface area contributed by atoms with Gasteiger partial charge in [0.05, 0.1) is 10.2 Å². The second-order valence-electron chi connectivity index (χ2n) is 5.09. The van der Waals surface area contributed by atoms with Crippen LogP contribution in [0.1, 0.15) is 13.8 Å². The number of carboxylic acid groups (broad SMARTS) is 1. The fourth-order valence-electron chi connectivity index (χ4n) is 1.92. The van der Waals surface area contributed by atoms with E-state index in [1.54, 1.807) is 0 Å². The van der Waals surface area contributed by atoms with E-state index >= 15 is 0 Å². The molecule has 21 heavy (non-hydrogen) atoms. The minimum absolute atomic E-state index is 0.186. The highest BCUT2D eigenvalue weighted by atomic mass is 32.1. The van der Waals surface area contributed by atoms with Gasteiger partial charge in [0.25, 0.3) is 0 Å². The lowest BCUT2D eigenvalue weighted by Gasteiger charge is -2.22. The highest BCUT2D eigenvalue weighted by molar-refractivity contribution is 7.22. The lowest BCUT2D eigenvalue weighted by molar-refractivity contribution is -0.137. The minimum Gasteiger partial charge on any atom is -0.480 e. The molecule has 0 saturated heterocycles. The lowest BCUT2D eigenvalue weighted by Crippen LogP contribution is -2.40. The molecule has 0 aliphatic carbocycles. The minimum atomic E-state index is -1.03. The number of carbonyl (C=O) groups is 2. The maximum atomic E-state index is 12.2. The Kier molecular flexibility index (Phi) is 4.74. The Hall–Kier alpha value is -2.15. The number of aliphatic carboxylic acids is 1. The molecule has 2 N–H and O–H groups in total. The third-order valence-electron chi connectivity index (χ3n) is 2.71. The molecule has 2 amide bonds. The fraction of sp³-hybridized carbons (Fsp3) is 0.357. The topological polar surface area (TPSA) is 82.5 Å². The summed E-state index contributed by atoms with van der Waals surface area (Å²) in [6.07, 6.45) is 0. The molecular weight excluding hydrogens is 290 g/mol. The number of thiazole rings is 1. The van der Waals surface area contributed by atoms with Gasteiger partial charge in [0.15, 0.2) is 5.13 Å². The molecule has 0 aliphatic heterocycles. The van der Waals surface area contributed by atoms with E-state index in [-0.39, 0.29) is 12.5 Å². The number of para-hydroxylation sites is 1. The Morgan fingerprint density at radius 3 is 2.71 bits per heavy atom. The number of nitrogens with one attached hydrogen (secondary N) is 1. The summed E-state index contributed by atoms with van der Waals surface area (Å²) < 4.78 is 0.974. The van der Waals surface area contributed by atoms with Gasteiger partial charge in [0.1, 0.15) is 6.54 Å².